The molecule has 0 aliphatic carbocycles. The van der Waals surface area contributed by atoms with Gasteiger partial charge in [-0.15, -0.1) is 13.2 Å². The van der Waals surface area contributed by atoms with Gasteiger partial charge in [0.2, 0.25) is 0 Å². The number of nitrogens with zero attached hydrogens (tertiary/aromatic N) is 2. The minimum atomic E-state index is -4.96. The second kappa shape index (κ2) is 10.8. The van der Waals surface area contributed by atoms with Gasteiger partial charge >= 0.3 is 6.36 Å². The van der Waals surface area contributed by atoms with Gasteiger partial charge in [0.1, 0.15) is 29.0 Å². The highest BCUT2D eigenvalue weighted by molar-refractivity contribution is 6.51. The van der Waals surface area contributed by atoms with E-state index in [-0.39, 0.29) is 34.9 Å². The topological polar surface area (TPSA) is 98.2 Å². The van der Waals surface area contributed by atoms with E-state index in [9.17, 15) is 27.9 Å². The molecule has 1 aliphatic heterocycles. The number of hydrogen-bond donors (Lipinski definition) is 1. The summed E-state index contributed by atoms with van der Waals surface area (Å²) >= 11 is 0. The molecule has 4 rings (SSSR count). The first-order valence-corrected chi connectivity index (χ1v) is 11.6. The van der Waals surface area contributed by atoms with Crippen LogP contribution in [0.15, 0.2) is 72.4 Å². The van der Waals surface area contributed by atoms with Gasteiger partial charge in [0.25, 0.3) is 11.7 Å². The highest BCUT2D eigenvalue weighted by Gasteiger charge is 2.48. The molecule has 1 saturated heterocycles. The molecule has 0 radical (unpaired) electrons. The lowest BCUT2D eigenvalue weighted by molar-refractivity contribution is -0.274. The largest absolute Gasteiger partial charge is 0.573 e. The predicted molar refractivity (Wildman–Crippen MR) is 131 cm³/mol. The molecule has 11 heteroatoms. The third-order valence-electron chi connectivity index (χ3n) is 5.56. The lowest BCUT2D eigenvalue weighted by Crippen LogP contribution is -2.30. The number of amides is 1. The van der Waals surface area contributed by atoms with Crippen molar-refractivity contribution in [3.63, 3.8) is 0 Å². The van der Waals surface area contributed by atoms with Gasteiger partial charge in [0, 0.05) is 24.0 Å². The average molecular weight is 528 g/mol. The van der Waals surface area contributed by atoms with Crippen LogP contribution in [0.2, 0.25) is 0 Å². The maximum absolute atomic E-state index is 13.3. The van der Waals surface area contributed by atoms with E-state index in [1.807, 2.05) is 0 Å². The van der Waals surface area contributed by atoms with E-state index in [4.69, 9.17) is 9.47 Å². The van der Waals surface area contributed by atoms with Crippen LogP contribution in [0.25, 0.3) is 5.76 Å². The van der Waals surface area contributed by atoms with Crippen LogP contribution in [0.5, 0.6) is 17.2 Å². The molecule has 0 saturated carbocycles. The normalized spacial score (nSPS) is 17.0. The number of ether oxygens (including phenoxy) is 3. The van der Waals surface area contributed by atoms with Gasteiger partial charge in [-0.3, -0.25) is 19.5 Å². The second-order valence-electron chi connectivity index (χ2n) is 7.99. The first kappa shape index (κ1) is 26.5. The van der Waals surface area contributed by atoms with Gasteiger partial charge in [0.15, 0.2) is 0 Å². The summed E-state index contributed by atoms with van der Waals surface area (Å²) in [4.78, 5) is 31.8. The van der Waals surface area contributed by atoms with Crippen molar-refractivity contribution in [2.45, 2.75) is 26.3 Å². The summed E-state index contributed by atoms with van der Waals surface area (Å²) in [6, 6.07) is 12.8. The Morgan fingerprint density at radius 2 is 1.74 bits per heavy atom. The second-order valence-corrected chi connectivity index (χ2v) is 7.99. The zero-order valence-corrected chi connectivity index (χ0v) is 20.4. The van der Waals surface area contributed by atoms with Crippen molar-refractivity contribution in [1.82, 2.24) is 4.98 Å². The molecule has 3 aromatic rings. The number of carbonyl (C=O) groups is 2. The number of hydrogen-bond acceptors (Lipinski definition) is 7. The maximum atomic E-state index is 13.3. The zero-order valence-electron chi connectivity index (χ0n) is 20.4. The van der Waals surface area contributed by atoms with Gasteiger partial charge in [0.05, 0.1) is 30.0 Å². The van der Waals surface area contributed by atoms with Crippen LogP contribution >= 0.6 is 0 Å². The molecule has 1 amide bonds. The Labute approximate surface area is 215 Å². The van der Waals surface area contributed by atoms with E-state index in [0.717, 1.165) is 17.0 Å². The number of aliphatic hydroxyl groups excluding tert-OH is 1. The molecule has 1 N–H and O–H groups in total. The van der Waals surface area contributed by atoms with Crippen LogP contribution in [0.3, 0.4) is 0 Å². The Hall–Kier alpha value is -4.54. The van der Waals surface area contributed by atoms with Gasteiger partial charge in [-0.1, -0.05) is 12.1 Å². The molecular formula is C27H23F3N2O6. The molecular weight excluding hydrogens is 505 g/mol. The van der Waals surface area contributed by atoms with Crippen LogP contribution in [0, 0.1) is 0 Å². The first-order valence-electron chi connectivity index (χ1n) is 11.6. The number of rotatable bonds is 8. The van der Waals surface area contributed by atoms with Crippen molar-refractivity contribution >= 4 is 23.1 Å². The van der Waals surface area contributed by atoms with Crippen molar-refractivity contribution < 1.29 is 42.1 Å². The molecule has 38 heavy (non-hydrogen) atoms. The zero-order chi connectivity index (χ0) is 27.4. The molecule has 1 aromatic heterocycles. The van der Waals surface area contributed by atoms with E-state index < -0.39 is 35.6 Å². The smallest absolute Gasteiger partial charge is 0.507 e. The Morgan fingerprint density at radius 3 is 2.39 bits per heavy atom. The average Bonchev–Trinajstić information content (AvgIpc) is 3.14. The fourth-order valence-electron chi connectivity index (χ4n) is 4.12. The molecule has 1 fully saturated rings. The number of aromatic nitrogens is 1. The Morgan fingerprint density at radius 1 is 0.974 bits per heavy atom. The number of alkyl halides is 3. The summed E-state index contributed by atoms with van der Waals surface area (Å²) in [5.41, 5.74) is -0.0242. The fraction of sp³-hybridized carbons (Fsp3) is 0.222. The van der Waals surface area contributed by atoms with Gasteiger partial charge < -0.3 is 19.3 Å². The van der Waals surface area contributed by atoms with Crippen LogP contribution in [-0.2, 0) is 9.59 Å². The summed E-state index contributed by atoms with van der Waals surface area (Å²) < 4.78 is 53.7. The van der Waals surface area contributed by atoms with Crippen molar-refractivity contribution in [1.29, 1.82) is 0 Å². The number of Topliss-reactive ketones (excluding diaryl/α,β-unsaturated/α-hetero) is 1. The van der Waals surface area contributed by atoms with E-state index in [0.29, 0.717) is 12.4 Å². The lowest BCUT2D eigenvalue weighted by atomic mass is 9.97. The molecule has 8 nitrogen and oxygen atoms in total. The van der Waals surface area contributed by atoms with Gasteiger partial charge in [-0.2, -0.15) is 0 Å². The minimum Gasteiger partial charge on any atom is -0.507 e. The SMILES string of the molecule is CCOc1ccc(/C(O)=C2/C(=O)C(=O)N(c3cccc(OC(F)(F)F)c3)C2c2ccccn2)c(OCC)c1. The number of halogens is 3. The summed E-state index contributed by atoms with van der Waals surface area (Å²) in [6.45, 7) is 4.16. The van der Waals surface area contributed by atoms with Crippen molar-refractivity contribution in [2.75, 3.05) is 18.1 Å². The molecule has 2 heterocycles. The standard InChI is InChI=1S/C27H23F3N2O6/c1-3-36-17-11-12-19(21(15-17)37-4-2)24(33)22-23(20-10-5-6-13-31-20)32(26(35)25(22)34)16-8-7-9-18(14-16)38-27(28,29)30/h5-15,23,33H,3-4H2,1-2H3/b24-22-. The number of aliphatic hydroxyl groups is 1. The van der Waals surface area contributed by atoms with E-state index >= 15 is 0 Å². The summed E-state index contributed by atoms with van der Waals surface area (Å²) in [7, 11) is 0. The van der Waals surface area contributed by atoms with Crippen LogP contribution in [0.4, 0.5) is 18.9 Å². The first-order chi connectivity index (χ1) is 18.1. The molecule has 1 atom stereocenters. The summed E-state index contributed by atoms with van der Waals surface area (Å²) in [6.07, 6.45) is -3.53. The number of anilines is 1. The third kappa shape index (κ3) is 5.41. The molecule has 0 bridgehead atoms. The summed E-state index contributed by atoms with van der Waals surface area (Å²) in [5.74, 6) is -2.54. The number of benzene rings is 2. The quantitative estimate of drug-likeness (QED) is 0.237. The molecule has 198 valence electrons. The van der Waals surface area contributed by atoms with E-state index in [1.165, 1.54) is 30.5 Å². The highest BCUT2D eigenvalue weighted by Crippen LogP contribution is 2.44. The Balaban J connectivity index is 1.90. The van der Waals surface area contributed by atoms with Crippen molar-refractivity contribution in [2.24, 2.45) is 0 Å². The molecule has 0 spiro atoms. The van der Waals surface area contributed by atoms with Gasteiger partial charge in [-0.05, 0) is 50.2 Å². The Kier molecular flexibility index (Phi) is 7.56. The highest BCUT2D eigenvalue weighted by atomic mass is 19.4. The summed E-state index contributed by atoms with van der Waals surface area (Å²) in [5, 5.41) is 11.4. The minimum absolute atomic E-state index is 0.0553. The van der Waals surface area contributed by atoms with Crippen LogP contribution < -0.4 is 19.1 Å². The van der Waals surface area contributed by atoms with Crippen LogP contribution in [0.1, 0.15) is 31.1 Å². The van der Waals surface area contributed by atoms with E-state index in [1.54, 1.807) is 38.1 Å². The lowest BCUT2D eigenvalue weighted by Gasteiger charge is -2.25. The molecule has 1 aliphatic rings. The number of carbonyl (C=O) groups excluding carboxylic acids is 2. The third-order valence-corrected chi connectivity index (χ3v) is 5.56. The monoisotopic (exact) mass is 528 g/mol. The van der Waals surface area contributed by atoms with Gasteiger partial charge in [-0.25, -0.2) is 0 Å². The number of pyridine rings is 1. The fourth-order valence-corrected chi connectivity index (χ4v) is 4.12. The Bertz CT molecular complexity index is 1370. The molecule has 2 aromatic carbocycles. The van der Waals surface area contributed by atoms with Crippen molar-refractivity contribution in [3.8, 4) is 17.2 Å². The predicted octanol–water partition coefficient (Wildman–Crippen LogP) is 5.40. The van der Waals surface area contributed by atoms with E-state index in [2.05, 4.69) is 9.72 Å². The molecule has 1 unspecified atom stereocenters. The maximum Gasteiger partial charge on any atom is 0.573 e. The number of ketones is 1. The van der Waals surface area contributed by atoms with Crippen LogP contribution in [-0.4, -0.2) is 41.4 Å². The van der Waals surface area contributed by atoms with Crippen molar-refractivity contribution in [3.05, 3.63) is 83.7 Å².